The van der Waals surface area contributed by atoms with Crippen molar-refractivity contribution in [3.05, 3.63) is 47.4 Å². The molecule has 0 heterocycles. The van der Waals surface area contributed by atoms with E-state index in [0.717, 1.165) is 16.5 Å². The van der Waals surface area contributed by atoms with Gasteiger partial charge in [0.1, 0.15) is 0 Å². The lowest BCUT2D eigenvalue weighted by Crippen LogP contribution is -2.14. The van der Waals surface area contributed by atoms with Crippen LogP contribution in [-0.2, 0) is 0 Å². The van der Waals surface area contributed by atoms with E-state index in [4.69, 9.17) is 0 Å². The van der Waals surface area contributed by atoms with E-state index in [9.17, 15) is 4.91 Å². The second-order valence-corrected chi connectivity index (χ2v) is 3.30. The Bertz CT molecular complexity index is 477. The van der Waals surface area contributed by atoms with Crippen molar-refractivity contribution in [3.63, 3.8) is 0 Å². The standard InChI is InChI=1S/C12H12N2O/c1-2-14(13-15)12-9-5-7-10-6-3-4-8-11(10)12/h3-9H,2H2,1H3. The zero-order valence-electron chi connectivity index (χ0n) is 8.55. The number of nitroso groups, excluding NO2 is 1. The number of rotatable bonds is 3. The summed E-state index contributed by atoms with van der Waals surface area (Å²) < 4.78 is 0. The fourth-order valence-corrected chi connectivity index (χ4v) is 1.71. The van der Waals surface area contributed by atoms with Gasteiger partial charge in [-0.1, -0.05) is 36.4 Å². The minimum atomic E-state index is 0.581. The molecule has 0 fully saturated rings. The van der Waals surface area contributed by atoms with E-state index < -0.39 is 0 Å². The van der Waals surface area contributed by atoms with E-state index >= 15 is 0 Å². The second-order valence-electron chi connectivity index (χ2n) is 3.30. The molecule has 2 aromatic rings. The van der Waals surface area contributed by atoms with Gasteiger partial charge in [0.25, 0.3) is 0 Å². The van der Waals surface area contributed by atoms with Gasteiger partial charge in [-0.3, -0.25) is 0 Å². The third kappa shape index (κ3) is 1.68. The molecule has 0 aliphatic carbocycles. The van der Waals surface area contributed by atoms with E-state index in [2.05, 4.69) is 5.29 Å². The van der Waals surface area contributed by atoms with Crippen LogP contribution in [0.2, 0.25) is 0 Å². The van der Waals surface area contributed by atoms with Crippen LogP contribution in [0.1, 0.15) is 6.92 Å². The SMILES string of the molecule is CCN(N=O)c1cccc2ccccc12. The molecule has 0 amide bonds. The van der Waals surface area contributed by atoms with Crippen LogP contribution in [0.4, 0.5) is 5.69 Å². The summed E-state index contributed by atoms with van der Waals surface area (Å²) >= 11 is 0. The predicted molar refractivity (Wildman–Crippen MR) is 62.8 cm³/mol. The summed E-state index contributed by atoms with van der Waals surface area (Å²) in [5.74, 6) is 0. The molecular formula is C12H12N2O. The molecule has 0 radical (unpaired) electrons. The Hall–Kier alpha value is -1.90. The lowest BCUT2D eigenvalue weighted by molar-refractivity contribution is 0.889. The molecule has 2 rings (SSSR count). The van der Waals surface area contributed by atoms with Crippen molar-refractivity contribution in [1.82, 2.24) is 0 Å². The summed E-state index contributed by atoms with van der Waals surface area (Å²) in [7, 11) is 0. The van der Waals surface area contributed by atoms with Crippen molar-refractivity contribution in [2.75, 3.05) is 11.6 Å². The Labute approximate surface area is 88.3 Å². The smallest absolute Gasteiger partial charge is 0.0704 e. The van der Waals surface area contributed by atoms with E-state index in [1.54, 1.807) is 0 Å². The average Bonchev–Trinajstić information content (AvgIpc) is 2.31. The monoisotopic (exact) mass is 200 g/mol. The molecule has 3 heteroatoms. The van der Waals surface area contributed by atoms with Gasteiger partial charge < -0.3 is 0 Å². The molecule has 0 atom stereocenters. The number of benzene rings is 2. The van der Waals surface area contributed by atoms with E-state index in [-0.39, 0.29) is 0 Å². The van der Waals surface area contributed by atoms with Crippen LogP contribution in [0.3, 0.4) is 0 Å². The highest BCUT2D eigenvalue weighted by Gasteiger charge is 2.07. The molecule has 0 aliphatic heterocycles. The normalized spacial score (nSPS) is 10.2. The van der Waals surface area contributed by atoms with Gasteiger partial charge in [0, 0.05) is 11.9 Å². The quantitative estimate of drug-likeness (QED) is 0.562. The summed E-state index contributed by atoms with van der Waals surface area (Å²) in [6.45, 7) is 2.49. The van der Waals surface area contributed by atoms with Gasteiger partial charge >= 0.3 is 0 Å². The van der Waals surface area contributed by atoms with Crippen molar-refractivity contribution < 1.29 is 0 Å². The molecule has 15 heavy (non-hydrogen) atoms. The Morgan fingerprint density at radius 3 is 2.60 bits per heavy atom. The molecule has 2 aromatic carbocycles. The number of fused-ring (bicyclic) bond motifs is 1. The van der Waals surface area contributed by atoms with Gasteiger partial charge in [0.05, 0.1) is 11.0 Å². The molecule has 0 unspecified atom stereocenters. The number of hydrogen-bond acceptors (Lipinski definition) is 2. The van der Waals surface area contributed by atoms with E-state index in [1.165, 1.54) is 5.01 Å². The highest BCUT2D eigenvalue weighted by Crippen LogP contribution is 2.26. The molecular weight excluding hydrogens is 188 g/mol. The highest BCUT2D eigenvalue weighted by atomic mass is 16.3. The fraction of sp³-hybridized carbons (Fsp3) is 0.167. The van der Waals surface area contributed by atoms with Crippen LogP contribution in [0.5, 0.6) is 0 Å². The average molecular weight is 200 g/mol. The Balaban J connectivity index is 2.64. The number of hydrogen-bond donors (Lipinski definition) is 0. The second kappa shape index (κ2) is 4.09. The van der Waals surface area contributed by atoms with Gasteiger partial charge in [-0.25, -0.2) is 5.01 Å². The fourth-order valence-electron chi connectivity index (χ4n) is 1.71. The van der Waals surface area contributed by atoms with Gasteiger partial charge in [-0.05, 0) is 18.4 Å². The third-order valence-corrected chi connectivity index (χ3v) is 2.44. The van der Waals surface area contributed by atoms with Crippen molar-refractivity contribution in [3.8, 4) is 0 Å². The Morgan fingerprint density at radius 2 is 1.87 bits per heavy atom. The van der Waals surface area contributed by atoms with E-state index in [1.807, 2.05) is 49.4 Å². The lowest BCUT2D eigenvalue weighted by atomic mass is 10.1. The molecule has 76 valence electrons. The van der Waals surface area contributed by atoms with E-state index in [0.29, 0.717) is 6.54 Å². The third-order valence-electron chi connectivity index (χ3n) is 2.44. The summed E-state index contributed by atoms with van der Waals surface area (Å²) in [6.07, 6.45) is 0. The molecule has 0 spiro atoms. The van der Waals surface area contributed by atoms with Crippen LogP contribution in [0, 0.1) is 4.91 Å². The van der Waals surface area contributed by atoms with Crippen molar-refractivity contribution in [2.24, 2.45) is 5.29 Å². The largest absolute Gasteiger partial charge is 0.229 e. The molecule has 0 N–H and O–H groups in total. The number of anilines is 1. The first-order valence-corrected chi connectivity index (χ1v) is 4.95. The molecule has 0 bridgehead atoms. The molecule has 0 saturated heterocycles. The molecule has 0 aliphatic rings. The van der Waals surface area contributed by atoms with Crippen LogP contribution >= 0.6 is 0 Å². The van der Waals surface area contributed by atoms with Crippen molar-refractivity contribution in [1.29, 1.82) is 0 Å². The van der Waals surface area contributed by atoms with Gasteiger partial charge in [-0.2, -0.15) is 0 Å². The summed E-state index contributed by atoms with van der Waals surface area (Å²) in [6, 6.07) is 13.8. The maximum absolute atomic E-state index is 10.7. The molecule has 0 aromatic heterocycles. The first-order chi connectivity index (χ1) is 7.36. The first kappa shape index (κ1) is 9.65. The number of nitrogens with zero attached hydrogens (tertiary/aromatic N) is 2. The Kier molecular flexibility index (Phi) is 2.63. The van der Waals surface area contributed by atoms with Crippen molar-refractivity contribution >= 4 is 16.5 Å². The maximum atomic E-state index is 10.7. The van der Waals surface area contributed by atoms with Crippen LogP contribution < -0.4 is 5.01 Å². The van der Waals surface area contributed by atoms with Crippen LogP contribution in [0.25, 0.3) is 10.8 Å². The van der Waals surface area contributed by atoms with Crippen LogP contribution in [0.15, 0.2) is 47.8 Å². The minimum Gasteiger partial charge on any atom is -0.229 e. The Morgan fingerprint density at radius 1 is 1.13 bits per heavy atom. The zero-order valence-corrected chi connectivity index (χ0v) is 8.55. The predicted octanol–water partition coefficient (Wildman–Crippen LogP) is 3.35. The minimum absolute atomic E-state index is 0.581. The first-order valence-electron chi connectivity index (χ1n) is 4.95. The summed E-state index contributed by atoms with van der Waals surface area (Å²) in [5.41, 5.74) is 0.866. The van der Waals surface area contributed by atoms with Gasteiger partial charge in [0.15, 0.2) is 0 Å². The summed E-state index contributed by atoms with van der Waals surface area (Å²) in [4.78, 5) is 10.7. The highest BCUT2D eigenvalue weighted by molar-refractivity contribution is 5.94. The maximum Gasteiger partial charge on any atom is 0.0704 e. The van der Waals surface area contributed by atoms with Gasteiger partial charge in [-0.15, -0.1) is 4.91 Å². The molecule has 0 saturated carbocycles. The summed E-state index contributed by atoms with van der Waals surface area (Å²) in [5, 5.41) is 6.65. The zero-order chi connectivity index (χ0) is 10.7. The van der Waals surface area contributed by atoms with Gasteiger partial charge in [0.2, 0.25) is 0 Å². The van der Waals surface area contributed by atoms with Crippen LogP contribution in [-0.4, -0.2) is 6.54 Å². The molecule has 3 nitrogen and oxygen atoms in total. The lowest BCUT2D eigenvalue weighted by Gasteiger charge is -2.14. The topological polar surface area (TPSA) is 32.7 Å². The van der Waals surface area contributed by atoms with Crippen molar-refractivity contribution in [2.45, 2.75) is 6.92 Å².